The van der Waals surface area contributed by atoms with Gasteiger partial charge in [-0.3, -0.25) is 4.79 Å². The Labute approximate surface area is 149 Å². The summed E-state index contributed by atoms with van der Waals surface area (Å²) in [5.41, 5.74) is 0. The zero-order valence-corrected chi connectivity index (χ0v) is 15.0. The Morgan fingerprint density at radius 3 is 2.73 bits per heavy atom. The lowest BCUT2D eigenvalue weighted by atomic mass is 10.2. The van der Waals surface area contributed by atoms with Gasteiger partial charge in [-0.2, -0.15) is 18.2 Å². The van der Waals surface area contributed by atoms with Gasteiger partial charge in [0.1, 0.15) is 12.4 Å². The Kier molecular flexibility index (Phi) is 6.38. The Hall–Kier alpha value is -2.39. The molecule has 0 fully saturated rings. The lowest BCUT2D eigenvalue weighted by Gasteiger charge is -2.18. The van der Waals surface area contributed by atoms with Gasteiger partial charge in [0.05, 0.1) is 6.54 Å². The fourth-order valence-corrected chi connectivity index (χ4v) is 2.31. The molecule has 2 rings (SSSR count). The van der Waals surface area contributed by atoms with Crippen LogP contribution in [0.2, 0.25) is 0 Å². The molecule has 0 saturated carbocycles. The summed E-state index contributed by atoms with van der Waals surface area (Å²) >= 11 is 0. The first-order valence-electron chi connectivity index (χ1n) is 8.29. The molecule has 7 nitrogen and oxygen atoms in total. The minimum absolute atomic E-state index is 0.0139. The number of hydrogen-bond acceptors (Lipinski definition) is 5. The van der Waals surface area contributed by atoms with E-state index >= 15 is 0 Å². The van der Waals surface area contributed by atoms with Crippen LogP contribution in [-0.4, -0.2) is 43.7 Å². The number of carbonyl (C=O) groups excluding carboxylic acids is 1. The topological polar surface area (TPSA) is 77.0 Å². The molecule has 26 heavy (non-hydrogen) atoms. The maximum absolute atomic E-state index is 12.5. The number of amides is 1. The summed E-state index contributed by atoms with van der Waals surface area (Å²) in [6, 6.07) is 0. The Bertz CT molecular complexity index is 724. The van der Waals surface area contributed by atoms with Crippen molar-refractivity contribution < 1.29 is 22.5 Å². The average Bonchev–Trinajstić information content (AvgIpc) is 3.16. The Balaban J connectivity index is 1.81. The predicted molar refractivity (Wildman–Crippen MR) is 86.1 cm³/mol. The van der Waals surface area contributed by atoms with Crippen LogP contribution in [0.15, 0.2) is 16.9 Å². The van der Waals surface area contributed by atoms with Gasteiger partial charge in [-0.05, 0) is 6.42 Å². The Morgan fingerprint density at radius 2 is 2.12 bits per heavy atom. The van der Waals surface area contributed by atoms with Gasteiger partial charge < -0.3 is 14.0 Å². The lowest BCUT2D eigenvalue weighted by Crippen LogP contribution is -2.28. The summed E-state index contributed by atoms with van der Waals surface area (Å²) in [6.45, 7) is 2.80. The molecule has 2 heterocycles. The molecule has 0 aliphatic carbocycles. The van der Waals surface area contributed by atoms with E-state index < -0.39 is 12.7 Å². The first kappa shape index (κ1) is 19.9. The van der Waals surface area contributed by atoms with Crippen molar-refractivity contribution in [2.24, 2.45) is 0 Å². The maximum atomic E-state index is 12.5. The highest BCUT2D eigenvalue weighted by Crippen LogP contribution is 2.19. The Morgan fingerprint density at radius 1 is 1.38 bits per heavy atom. The first-order valence-corrected chi connectivity index (χ1v) is 8.29. The first-order chi connectivity index (χ1) is 12.2. The second-order valence-corrected chi connectivity index (χ2v) is 6.39. The van der Waals surface area contributed by atoms with E-state index in [1.165, 1.54) is 17.3 Å². The third-order valence-corrected chi connectivity index (χ3v) is 3.74. The highest BCUT2D eigenvalue weighted by molar-refractivity contribution is 5.75. The normalized spacial score (nSPS) is 12.0. The molecule has 2 aromatic heterocycles. The minimum Gasteiger partial charge on any atom is -0.339 e. The number of hydrogen-bond donors (Lipinski definition) is 0. The highest BCUT2D eigenvalue weighted by atomic mass is 19.4. The highest BCUT2D eigenvalue weighted by Gasteiger charge is 2.29. The van der Waals surface area contributed by atoms with Crippen LogP contribution in [-0.2, 0) is 24.3 Å². The molecular formula is C16H22F3N5O2. The number of halogens is 3. The molecule has 10 heteroatoms. The van der Waals surface area contributed by atoms with Crippen molar-refractivity contribution in [3.8, 4) is 0 Å². The maximum Gasteiger partial charge on any atom is 0.406 e. The number of aromatic nitrogens is 4. The van der Waals surface area contributed by atoms with Crippen molar-refractivity contribution in [3.05, 3.63) is 29.9 Å². The summed E-state index contributed by atoms with van der Waals surface area (Å²) in [4.78, 5) is 21.7. The summed E-state index contributed by atoms with van der Waals surface area (Å²) < 4.78 is 43.7. The van der Waals surface area contributed by atoms with Crippen LogP contribution >= 0.6 is 0 Å². The fraction of sp³-hybridized carbons (Fsp3) is 0.625. The van der Waals surface area contributed by atoms with Crippen molar-refractivity contribution in [2.45, 2.75) is 58.3 Å². The van der Waals surface area contributed by atoms with Gasteiger partial charge in [0.2, 0.25) is 11.8 Å². The van der Waals surface area contributed by atoms with E-state index in [1.54, 1.807) is 7.05 Å². The quantitative estimate of drug-likeness (QED) is 0.711. The fourth-order valence-electron chi connectivity index (χ4n) is 2.31. The number of imidazole rings is 1. The van der Waals surface area contributed by atoms with Crippen LogP contribution in [0.1, 0.15) is 50.1 Å². The summed E-state index contributed by atoms with van der Waals surface area (Å²) in [6.07, 6.45) is -0.570. The molecular weight excluding hydrogens is 351 g/mol. The number of nitrogens with zero attached hydrogens (tertiary/aromatic N) is 5. The van der Waals surface area contributed by atoms with E-state index in [0.29, 0.717) is 24.6 Å². The van der Waals surface area contributed by atoms with Crippen LogP contribution in [0.25, 0.3) is 0 Å². The smallest absolute Gasteiger partial charge is 0.339 e. The van der Waals surface area contributed by atoms with Crippen molar-refractivity contribution in [2.75, 3.05) is 7.05 Å². The molecule has 1 amide bonds. The van der Waals surface area contributed by atoms with Gasteiger partial charge in [0, 0.05) is 38.2 Å². The molecule has 144 valence electrons. The van der Waals surface area contributed by atoms with E-state index in [4.69, 9.17) is 4.52 Å². The largest absolute Gasteiger partial charge is 0.406 e. The van der Waals surface area contributed by atoms with Crippen molar-refractivity contribution >= 4 is 5.91 Å². The summed E-state index contributed by atoms with van der Waals surface area (Å²) in [5.74, 6) is 1.28. The van der Waals surface area contributed by atoms with Gasteiger partial charge in [-0.1, -0.05) is 19.0 Å². The van der Waals surface area contributed by atoms with Crippen molar-refractivity contribution in [1.82, 2.24) is 24.6 Å². The van der Waals surface area contributed by atoms with Gasteiger partial charge in [-0.15, -0.1) is 0 Å². The molecule has 0 N–H and O–H groups in total. The van der Waals surface area contributed by atoms with E-state index in [9.17, 15) is 18.0 Å². The van der Waals surface area contributed by atoms with E-state index in [2.05, 4.69) is 15.1 Å². The number of rotatable bonds is 8. The van der Waals surface area contributed by atoms with E-state index in [1.807, 2.05) is 13.8 Å². The summed E-state index contributed by atoms with van der Waals surface area (Å²) in [7, 11) is 1.54. The number of aryl methyl sites for hydroxylation is 1. The molecule has 0 bridgehead atoms. The molecule has 0 spiro atoms. The van der Waals surface area contributed by atoms with Crippen molar-refractivity contribution in [1.29, 1.82) is 0 Å². The van der Waals surface area contributed by atoms with Gasteiger partial charge >= 0.3 is 6.18 Å². The van der Waals surface area contributed by atoms with Crippen LogP contribution in [0.3, 0.4) is 0 Å². The molecule has 0 saturated heterocycles. The zero-order chi connectivity index (χ0) is 19.3. The van der Waals surface area contributed by atoms with Crippen LogP contribution in [0.5, 0.6) is 0 Å². The molecule has 0 aliphatic rings. The van der Waals surface area contributed by atoms with Crippen LogP contribution in [0, 0.1) is 0 Å². The van der Waals surface area contributed by atoms with E-state index in [-0.39, 0.29) is 30.6 Å². The van der Waals surface area contributed by atoms with Gasteiger partial charge in [0.25, 0.3) is 0 Å². The second-order valence-electron chi connectivity index (χ2n) is 6.39. The number of carbonyl (C=O) groups is 1. The monoisotopic (exact) mass is 373 g/mol. The SMILES string of the molecule is CC(C)c1noc(CCCC(=O)N(C)Cc2nccn2CC(F)(F)F)n1. The molecule has 0 aliphatic heterocycles. The molecule has 0 radical (unpaired) electrons. The van der Waals surface area contributed by atoms with Crippen molar-refractivity contribution in [3.63, 3.8) is 0 Å². The second kappa shape index (κ2) is 8.33. The number of alkyl halides is 3. The third-order valence-electron chi connectivity index (χ3n) is 3.74. The third kappa shape index (κ3) is 5.85. The van der Waals surface area contributed by atoms with E-state index in [0.717, 1.165) is 4.57 Å². The van der Waals surface area contributed by atoms with Gasteiger partial charge in [0.15, 0.2) is 5.82 Å². The minimum atomic E-state index is -4.34. The molecule has 2 aromatic rings. The lowest BCUT2D eigenvalue weighted by molar-refractivity contribution is -0.141. The molecule has 0 unspecified atom stereocenters. The predicted octanol–water partition coefficient (Wildman–Crippen LogP) is 2.93. The molecule has 0 atom stereocenters. The standard InChI is InChI=1S/C16H22F3N5O2/c1-11(2)15-21-13(26-22-15)5-4-6-14(25)23(3)9-12-20-7-8-24(12)10-16(17,18)19/h7-8,11H,4-6,9-10H2,1-3H3. The van der Waals surface area contributed by atoms with Crippen LogP contribution < -0.4 is 0 Å². The summed E-state index contributed by atoms with van der Waals surface area (Å²) in [5, 5.41) is 3.85. The zero-order valence-electron chi connectivity index (χ0n) is 15.0. The van der Waals surface area contributed by atoms with Crippen LogP contribution in [0.4, 0.5) is 13.2 Å². The average molecular weight is 373 g/mol. The molecule has 0 aromatic carbocycles. The van der Waals surface area contributed by atoms with Gasteiger partial charge in [-0.25, -0.2) is 4.98 Å².